The van der Waals surface area contributed by atoms with Crippen LogP contribution in [-0.4, -0.2) is 23.2 Å². The van der Waals surface area contributed by atoms with Crippen molar-refractivity contribution >= 4 is 35.0 Å². The molecule has 1 saturated heterocycles. The number of rotatable bonds is 3. The van der Waals surface area contributed by atoms with Crippen LogP contribution in [0.4, 0.5) is 5.69 Å². The lowest BCUT2D eigenvalue weighted by Crippen LogP contribution is -2.30. The number of carbonyl (C=O) groups is 1. The minimum atomic E-state index is -0.275. The van der Waals surface area contributed by atoms with Gasteiger partial charge >= 0.3 is 0 Å². The van der Waals surface area contributed by atoms with Crippen LogP contribution < -0.4 is 15.0 Å². The number of benzene rings is 2. The largest absolute Gasteiger partial charge is 0.507 e. The highest BCUT2D eigenvalue weighted by atomic mass is 32.1. The van der Waals surface area contributed by atoms with Crippen molar-refractivity contribution in [1.29, 1.82) is 0 Å². The van der Waals surface area contributed by atoms with Gasteiger partial charge in [0, 0.05) is 5.56 Å². The molecular weight excluding hydrogens is 312 g/mol. The molecule has 23 heavy (non-hydrogen) atoms. The van der Waals surface area contributed by atoms with E-state index in [-0.39, 0.29) is 11.7 Å². The van der Waals surface area contributed by atoms with Gasteiger partial charge in [-0.1, -0.05) is 18.2 Å². The van der Waals surface area contributed by atoms with Crippen molar-refractivity contribution in [3.63, 3.8) is 0 Å². The number of aromatic hydroxyl groups is 1. The van der Waals surface area contributed by atoms with Crippen molar-refractivity contribution in [2.75, 3.05) is 12.0 Å². The third kappa shape index (κ3) is 2.89. The quantitative estimate of drug-likeness (QED) is 0.671. The van der Waals surface area contributed by atoms with Gasteiger partial charge in [-0.3, -0.25) is 9.69 Å². The van der Waals surface area contributed by atoms with Crippen molar-refractivity contribution in [2.45, 2.75) is 0 Å². The summed E-state index contributed by atoms with van der Waals surface area (Å²) in [5.41, 5.74) is 1.50. The number of hydrogen-bond acceptors (Lipinski definition) is 4. The Morgan fingerprint density at radius 1 is 1.17 bits per heavy atom. The van der Waals surface area contributed by atoms with Crippen LogP contribution in [0.15, 0.2) is 54.2 Å². The summed E-state index contributed by atoms with van der Waals surface area (Å²) in [6.45, 7) is 0. The fourth-order valence-electron chi connectivity index (χ4n) is 2.27. The summed E-state index contributed by atoms with van der Waals surface area (Å²) in [5.74, 6) is 0.524. The van der Waals surface area contributed by atoms with Crippen molar-refractivity contribution in [3.05, 3.63) is 59.8 Å². The van der Waals surface area contributed by atoms with Crippen molar-refractivity contribution in [1.82, 2.24) is 5.32 Å². The van der Waals surface area contributed by atoms with Crippen molar-refractivity contribution < 1.29 is 14.6 Å². The number of hydrogen-bond donors (Lipinski definition) is 2. The van der Waals surface area contributed by atoms with Crippen molar-refractivity contribution in [3.8, 4) is 11.5 Å². The lowest BCUT2D eigenvalue weighted by Gasteiger charge is -2.14. The summed E-state index contributed by atoms with van der Waals surface area (Å²) in [6, 6.07) is 13.8. The third-order valence-electron chi connectivity index (χ3n) is 3.45. The van der Waals surface area contributed by atoms with Crippen LogP contribution in [0.2, 0.25) is 0 Å². The third-order valence-corrected chi connectivity index (χ3v) is 3.73. The lowest BCUT2D eigenvalue weighted by atomic mass is 10.1. The van der Waals surface area contributed by atoms with E-state index in [2.05, 4.69) is 5.32 Å². The second kappa shape index (κ2) is 6.10. The molecule has 2 aromatic carbocycles. The Morgan fingerprint density at radius 2 is 1.87 bits per heavy atom. The first-order chi connectivity index (χ1) is 11.1. The van der Waals surface area contributed by atoms with Gasteiger partial charge in [0.05, 0.1) is 12.8 Å². The van der Waals surface area contributed by atoms with Gasteiger partial charge < -0.3 is 15.2 Å². The Labute approximate surface area is 138 Å². The molecule has 6 heteroatoms. The number of amides is 1. The molecule has 1 amide bonds. The Balaban J connectivity index is 1.92. The molecule has 0 radical (unpaired) electrons. The van der Waals surface area contributed by atoms with E-state index in [0.717, 1.165) is 0 Å². The molecule has 2 N–H and O–H groups in total. The van der Waals surface area contributed by atoms with Gasteiger partial charge in [0.15, 0.2) is 5.11 Å². The second-order valence-electron chi connectivity index (χ2n) is 4.89. The average Bonchev–Trinajstić information content (AvgIpc) is 2.84. The topological polar surface area (TPSA) is 61.8 Å². The molecule has 1 fully saturated rings. The van der Waals surface area contributed by atoms with Crippen LogP contribution >= 0.6 is 12.2 Å². The Hall–Kier alpha value is -2.86. The molecule has 2 aromatic rings. The fraction of sp³-hybridized carbons (Fsp3) is 0.0588. The number of thiocarbonyl (C=S) groups is 1. The number of carbonyl (C=O) groups excluding carboxylic acids is 1. The number of anilines is 1. The fourth-order valence-corrected chi connectivity index (χ4v) is 2.56. The summed E-state index contributed by atoms with van der Waals surface area (Å²) in [4.78, 5) is 14.0. The minimum absolute atomic E-state index is 0.100. The van der Waals surface area contributed by atoms with E-state index >= 15 is 0 Å². The molecule has 1 heterocycles. The van der Waals surface area contributed by atoms with Crippen LogP contribution in [0.25, 0.3) is 6.08 Å². The number of ether oxygens (including phenoxy) is 1. The Kier molecular flexibility index (Phi) is 3.99. The summed E-state index contributed by atoms with van der Waals surface area (Å²) in [5, 5.41) is 13.0. The first-order valence-electron chi connectivity index (χ1n) is 6.89. The Morgan fingerprint density at radius 3 is 2.52 bits per heavy atom. The highest BCUT2D eigenvalue weighted by molar-refractivity contribution is 7.80. The van der Waals surface area contributed by atoms with Crippen LogP contribution in [0.5, 0.6) is 11.5 Å². The van der Waals surface area contributed by atoms with Gasteiger partial charge in [0.25, 0.3) is 5.91 Å². The predicted molar refractivity (Wildman–Crippen MR) is 92.3 cm³/mol. The summed E-state index contributed by atoms with van der Waals surface area (Å²) < 4.78 is 5.11. The zero-order chi connectivity index (χ0) is 16.4. The number of phenols is 1. The minimum Gasteiger partial charge on any atom is -0.507 e. The summed E-state index contributed by atoms with van der Waals surface area (Å²) >= 11 is 5.25. The van der Waals surface area contributed by atoms with Gasteiger partial charge in [-0.15, -0.1) is 0 Å². The summed E-state index contributed by atoms with van der Waals surface area (Å²) in [6.07, 6.45) is 1.58. The number of methoxy groups -OCH3 is 1. The van der Waals surface area contributed by atoms with E-state index in [9.17, 15) is 9.90 Å². The van der Waals surface area contributed by atoms with E-state index < -0.39 is 0 Å². The standard InChI is InChI=1S/C17H14N2O3S/c1-22-13-8-6-12(7-9-13)19-16(21)14(18-17(19)23)10-11-4-2-3-5-15(11)20/h2-10,20H,1H3,(H,18,23). The molecule has 0 aromatic heterocycles. The van der Waals surface area contributed by atoms with Gasteiger partial charge in [-0.25, -0.2) is 0 Å². The van der Waals surface area contributed by atoms with Gasteiger partial charge in [-0.2, -0.15) is 0 Å². The summed E-state index contributed by atoms with van der Waals surface area (Å²) in [7, 11) is 1.58. The molecule has 0 spiro atoms. The molecule has 116 valence electrons. The monoisotopic (exact) mass is 326 g/mol. The van der Waals surface area contributed by atoms with E-state index in [4.69, 9.17) is 17.0 Å². The van der Waals surface area contributed by atoms with Gasteiger partial charge in [-0.05, 0) is 48.6 Å². The zero-order valence-corrected chi connectivity index (χ0v) is 13.1. The lowest BCUT2D eigenvalue weighted by molar-refractivity contribution is -0.113. The predicted octanol–water partition coefficient (Wildman–Crippen LogP) is 2.66. The van der Waals surface area contributed by atoms with E-state index in [1.165, 1.54) is 4.90 Å². The highest BCUT2D eigenvalue weighted by Gasteiger charge is 2.32. The highest BCUT2D eigenvalue weighted by Crippen LogP contribution is 2.26. The number of nitrogens with zero attached hydrogens (tertiary/aromatic N) is 1. The first kappa shape index (κ1) is 15.1. The normalized spacial score (nSPS) is 15.9. The molecule has 1 aliphatic heterocycles. The maximum Gasteiger partial charge on any atom is 0.281 e. The first-order valence-corrected chi connectivity index (χ1v) is 7.30. The smallest absolute Gasteiger partial charge is 0.281 e. The van der Waals surface area contributed by atoms with Crippen LogP contribution in [0, 0.1) is 0 Å². The van der Waals surface area contributed by atoms with E-state index in [1.54, 1.807) is 61.7 Å². The van der Waals surface area contributed by atoms with Crippen LogP contribution in [0.3, 0.4) is 0 Å². The van der Waals surface area contributed by atoms with Crippen LogP contribution in [-0.2, 0) is 4.79 Å². The number of para-hydroxylation sites is 1. The van der Waals surface area contributed by atoms with Crippen LogP contribution in [0.1, 0.15) is 5.56 Å². The second-order valence-corrected chi connectivity index (χ2v) is 5.27. The zero-order valence-electron chi connectivity index (χ0n) is 12.3. The molecule has 3 rings (SSSR count). The van der Waals surface area contributed by atoms with E-state index in [1.807, 2.05) is 0 Å². The Bertz CT molecular complexity index is 800. The molecule has 0 atom stereocenters. The molecule has 0 unspecified atom stereocenters. The van der Waals surface area contributed by atoms with Gasteiger partial charge in [0.1, 0.15) is 17.2 Å². The van der Waals surface area contributed by atoms with Gasteiger partial charge in [0.2, 0.25) is 0 Å². The molecule has 0 aliphatic carbocycles. The maximum absolute atomic E-state index is 12.6. The maximum atomic E-state index is 12.6. The number of phenolic OH excluding ortho intramolecular Hbond substituents is 1. The average molecular weight is 326 g/mol. The molecule has 0 bridgehead atoms. The number of nitrogens with one attached hydrogen (secondary N) is 1. The SMILES string of the molecule is COc1ccc(N2C(=O)C(=Cc3ccccc3O)NC2=S)cc1. The molecule has 5 nitrogen and oxygen atoms in total. The van der Waals surface area contributed by atoms with E-state index in [0.29, 0.717) is 27.8 Å². The van der Waals surface area contributed by atoms with Crippen molar-refractivity contribution in [2.24, 2.45) is 0 Å². The molecule has 1 aliphatic rings. The molecular formula is C17H14N2O3S. The molecule has 0 saturated carbocycles.